The van der Waals surface area contributed by atoms with E-state index in [1.165, 1.54) is 148 Å². The van der Waals surface area contributed by atoms with E-state index in [9.17, 15) is 9.90 Å². The van der Waals surface area contributed by atoms with Crippen LogP contribution in [0.4, 0.5) is 0 Å². The molecule has 0 spiro atoms. The van der Waals surface area contributed by atoms with Crippen molar-refractivity contribution in [2.45, 2.75) is 206 Å². The predicted octanol–water partition coefficient (Wildman–Crippen LogP) is 12.9. The Morgan fingerprint density at radius 2 is 0.913 bits per heavy atom. The van der Waals surface area contributed by atoms with Crippen LogP contribution in [0.5, 0.6) is 0 Å². The van der Waals surface area contributed by atoms with Gasteiger partial charge in [0.1, 0.15) is 6.10 Å². The summed E-state index contributed by atoms with van der Waals surface area (Å²) >= 11 is 0. The number of allylic oxidation sites excluding steroid dienone is 6. The highest BCUT2D eigenvalue weighted by atomic mass is 16.6. The van der Waals surface area contributed by atoms with E-state index in [4.69, 9.17) is 9.47 Å². The second-order valence-electron chi connectivity index (χ2n) is 13.4. The van der Waals surface area contributed by atoms with Crippen molar-refractivity contribution in [3.05, 3.63) is 36.5 Å². The summed E-state index contributed by atoms with van der Waals surface area (Å²) in [5.41, 5.74) is 0. The number of ether oxygens (including phenoxy) is 2. The van der Waals surface area contributed by atoms with E-state index in [1.807, 2.05) is 0 Å². The minimum Gasteiger partial charge on any atom is -0.457 e. The first kappa shape index (κ1) is 44.6. The van der Waals surface area contributed by atoms with Gasteiger partial charge >= 0.3 is 5.97 Å². The topological polar surface area (TPSA) is 55.8 Å². The Bertz CT molecular complexity index is 683. The van der Waals surface area contributed by atoms with E-state index in [2.05, 4.69) is 50.3 Å². The number of hydrogen-bond donors (Lipinski definition) is 1. The molecule has 0 aromatic carbocycles. The van der Waals surface area contributed by atoms with Gasteiger partial charge in [0.15, 0.2) is 0 Å². The van der Waals surface area contributed by atoms with Gasteiger partial charge in [-0.05, 0) is 51.4 Å². The van der Waals surface area contributed by atoms with Crippen molar-refractivity contribution in [1.29, 1.82) is 0 Å². The first-order valence-corrected chi connectivity index (χ1v) is 20.1. The van der Waals surface area contributed by atoms with Crippen molar-refractivity contribution in [2.75, 3.05) is 19.8 Å². The van der Waals surface area contributed by atoms with Crippen LogP contribution in [0.3, 0.4) is 0 Å². The van der Waals surface area contributed by atoms with Crippen LogP contribution >= 0.6 is 0 Å². The van der Waals surface area contributed by atoms with E-state index < -0.39 is 6.10 Å². The minimum absolute atomic E-state index is 0.172. The van der Waals surface area contributed by atoms with Gasteiger partial charge in [0.05, 0.1) is 13.2 Å². The Labute approximate surface area is 287 Å². The van der Waals surface area contributed by atoms with Gasteiger partial charge < -0.3 is 14.6 Å². The largest absolute Gasteiger partial charge is 0.457 e. The molecule has 0 heterocycles. The number of carbonyl (C=O) groups is 1. The van der Waals surface area contributed by atoms with Crippen LogP contribution in [0.2, 0.25) is 0 Å². The molecule has 0 aliphatic rings. The third-order valence-corrected chi connectivity index (χ3v) is 8.72. The average Bonchev–Trinajstić information content (AvgIpc) is 3.06. The summed E-state index contributed by atoms with van der Waals surface area (Å²) in [5.74, 6) is -0.205. The molecule has 46 heavy (non-hydrogen) atoms. The van der Waals surface area contributed by atoms with E-state index in [0.717, 1.165) is 32.1 Å². The third kappa shape index (κ3) is 37.1. The molecule has 4 heteroatoms. The van der Waals surface area contributed by atoms with Crippen molar-refractivity contribution in [3.63, 3.8) is 0 Å². The highest BCUT2D eigenvalue weighted by Gasteiger charge is 2.13. The van der Waals surface area contributed by atoms with Crippen LogP contribution in [0.1, 0.15) is 200 Å². The number of aliphatic hydroxyl groups is 1. The van der Waals surface area contributed by atoms with Crippen molar-refractivity contribution >= 4 is 5.97 Å². The zero-order valence-corrected chi connectivity index (χ0v) is 30.8. The number of esters is 1. The van der Waals surface area contributed by atoms with Gasteiger partial charge in [0.2, 0.25) is 0 Å². The van der Waals surface area contributed by atoms with Crippen molar-refractivity contribution in [3.8, 4) is 0 Å². The maximum absolute atomic E-state index is 12.1. The second kappa shape index (κ2) is 39.8. The number of carbonyl (C=O) groups excluding carboxylic acids is 1. The van der Waals surface area contributed by atoms with E-state index >= 15 is 0 Å². The summed E-state index contributed by atoms with van der Waals surface area (Å²) in [5, 5.41) is 9.55. The average molecular weight is 647 g/mol. The molecule has 4 nitrogen and oxygen atoms in total. The molecule has 270 valence electrons. The zero-order valence-electron chi connectivity index (χ0n) is 30.8. The monoisotopic (exact) mass is 647 g/mol. The Balaban J connectivity index is 3.42. The van der Waals surface area contributed by atoms with Crippen LogP contribution in [-0.2, 0) is 14.3 Å². The lowest BCUT2D eigenvalue weighted by Crippen LogP contribution is -2.27. The SMILES string of the molecule is CCCCCCC/C=C\C/C=C\C/C=C\CCCCCCCCCCCOCC(CO)OC(=O)CCCCCCCCCCCC. The molecule has 0 saturated carbocycles. The maximum Gasteiger partial charge on any atom is 0.306 e. The molecule has 0 radical (unpaired) electrons. The molecule has 0 aliphatic heterocycles. The van der Waals surface area contributed by atoms with Gasteiger partial charge in [-0.3, -0.25) is 4.79 Å². The summed E-state index contributed by atoms with van der Waals surface area (Å²) in [6.45, 7) is 5.32. The van der Waals surface area contributed by atoms with Gasteiger partial charge in [0.25, 0.3) is 0 Å². The Kier molecular flexibility index (Phi) is 38.6. The van der Waals surface area contributed by atoms with Crippen LogP contribution in [0.15, 0.2) is 36.5 Å². The molecule has 0 rings (SSSR count). The third-order valence-electron chi connectivity index (χ3n) is 8.72. The van der Waals surface area contributed by atoms with Crippen molar-refractivity contribution < 1.29 is 19.4 Å². The molecule has 0 bridgehead atoms. The zero-order chi connectivity index (χ0) is 33.4. The lowest BCUT2D eigenvalue weighted by atomic mass is 10.1. The standard InChI is InChI=1S/C42H78O4/c1-3-5-7-9-11-13-15-16-17-18-19-20-21-22-23-24-25-26-27-28-30-32-34-36-38-45-40-41(39-43)46-42(44)37-35-33-31-29-14-12-10-8-6-4-2/h15-16,18-19,21-22,41,43H,3-14,17,20,23-40H2,1-2H3/b16-15-,19-18-,22-21-. The fourth-order valence-corrected chi connectivity index (χ4v) is 5.69. The number of unbranched alkanes of at least 4 members (excludes halogenated alkanes) is 23. The summed E-state index contributed by atoms with van der Waals surface area (Å²) in [7, 11) is 0. The Morgan fingerprint density at radius 3 is 1.37 bits per heavy atom. The summed E-state index contributed by atoms with van der Waals surface area (Å²) in [6.07, 6.45) is 49.1. The first-order valence-electron chi connectivity index (χ1n) is 20.1. The van der Waals surface area contributed by atoms with Gasteiger partial charge in [-0.15, -0.1) is 0 Å². The van der Waals surface area contributed by atoms with Gasteiger partial charge in [-0.25, -0.2) is 0 Å². The van der Waals surface area contributed by atoms with Crippen LogP contribution in [0.25, 0.3) is 0 Å². The van der Waals surface area contributed by atoms with E-state index in [1.54, 1.807) is 0 Å². The minimum atomic E-state index is -0.532. The molecule has 1 unspecified atom stereocenters. The Hall–Kier alpha value is -1.39. The molecule has 1 N–H and O–H groups in total. The lowest BCUT2D eigenvalue weighted by molar-refractivity contribution is -0.154. The van der Waals surface area contributed by atoms with E-state index in [-0.39, 0.29) is 12.6 Å². The molecular formula is C42H78O4. The molecule has 0 aromatic rings. The second-order valence-corrected chi connectivity index (χ2v) is 13.4. The first-order chi connectivity index (χ1) is 22.7. The quantitative estimate of drug-likeness (QED) is 0.0414. The Morgan fingerprint density at radius 1 is 0.522 bits per heavy atom. The molecule has 0 aromatic heterocycles. The molecule has 1 atom stereocenters. The number of aliphatic hydroxyl groups excluding tert-OH is 1. The van der Waals surface area contributed by atoms with Gasteiger partial charge in [-0.1, -0.05) is 179 Å². The highest BCUT2D eigenvalue weighted by Crippen LogP contribution is 2.13. The summed E-state index contributed by atoms with van der Waals surface area (Å²) < 4.78 is 11.1. The number of rotatable bonds is 37. The summed E-state index contributed by atoms with van der Waals surface area (Å²) in [6, 6.07) is 0. The van der Waals surface area contributed by atoms with Crippen LogP contribution < -0.4 is 0 Å². The lowest BCUT2D eigenvalue weighted by Gasteiger charge is -2.16. The van der Waals surface area contributed by atoms with Crippen LogP contribution in [-0.4, -0.2) is 37.0 Å². The molecule has 0 aliphatic carbocycles. The molecule has 0 saturated heterocycles. The predicted molar refractivity (Wildman–Crippen MR) is 200 cm³/mol. The fourth-order valence-electron chi connectivity index (χ4n) is 5.69. The van der Waals surface area contributed by atoms with E-state index in [0.29, 0.717) is 19.6 Å². The van der Waals surface area contributed by atoms with Crippen LogP contribution in [0, 0.1) is 0 Å². The van der Waals surface area contributed by atoms with Crippen molar-refractivity contribution in [1.82, 2.24) is 0 Å². The van der Waals surface area contributed by atoms with Gasteiger partial charge in [-0.2, -0.15) is 0 Å². The molecule has 0 amide bonds. The summed E-state index contributed by atoms with van der Waals surface area (Å²) in [4.78, 5) is 12.1. The van der Waals surface area contributed by atoms with Gasteiger partial charge in [0, 0.05) is 13.0 Å². The fraction of sp³-hybridized carbons (Fsp3) is 0.833. The molecule has 0 fully saturated rings. The number of hydrogen-bond acceptors (Lipinski definition) is 4. The molecular weight excluding hydrogens is 568 g/mol. The highest BCUT2D eigenvalue weighted by molar-refractivity contribution is 5.69. The normalized spacial score (nSPS) is 12.7. The maximum atomic E-state index is 12.1. The van der Waals surface area contributed by atoms with Crippen molar-refractivity contribution in [2.24, 2.45) is 0 Å². The smallest absolute Gasteiger partial charge is 0.306 e.